The lowest BCUT2D eigenvalue weighted by molar-refractivity contribution is -0.171. The molecule has 0 bridgehead atoms. The smallest absolute Gasteiger partial charge is 0.248 e. The van der Waals surface area contributed by atoms with Gasteiger partial charge in [0.1, 0.15) is 0 Å². The number of aryl methyl sites for hydroxylation is 1. The van der Waals surface area contributed by atoms with Crippen molar-refractivity contribution in [2.45, 2.75) is 38.8 Å². The molecule has 1 aromatic carbocycles. The Bertz CT molecular complexity index is 615. The summed E-state index contributed by atoms with van der Waals surface area (Å²) in [7, 11) is 0. The van der Waals surface area contributed by atoms with Gasteiger partial charge < -0.3 is 4.74 Å². The minimum Gasteiger partial charge on any atom is -0.377 e. The Morgan fingerprint density at radius 2 is 2.16 bits per heavy atom. The van der Waals surface area contributed by atoms with E-state index in [2.05, 4.69) is 36.1 Å². The topological polar surface area (TPSA) is 42.0 Å². The highest BCUT2D eigenvalue weighted by Crippen LogP contribution is 2.36. The summed E-state index contributed by atoms with van der Waals surface area (Å²) in [5.41, 5.74) is 2.78. The van der Waals surface area contributed by atoms with Gasteiger partial charge in [0, 0.05) is 19.0 Å². The van der Waals surface area contributed by atoms with Gasteiger partial charge in [-0.05, 0) is 43.4 Å². The van der Waals surface area contributed by atoms with Crippen LogP contribution in [0.5, 0.6) is 0 Å². The average molecular weight is 344 g/mol. The van der Waals surface area contributed by atoms with Crippen LogP contribution in [0.1, 0.15) is 30.4 Å². The Morgan fingerprint density at radius 1 is 1.28 bits per heavy atom. The highest BCUT2D eigenvalue weighted by molar-refractivity contribution is 5.75. The van der Waals surface area contributed by atoms with E-state index in [1.165, 1.54) is 16.2 Å². The third-order valence-electron chi connectivity index (χ3n) is 5.94. The summed E-state index contributed by atoms with van der Waals surface area (Å²) in [6, 6.07) is 8.63. The molecule has 3 atom stereocenters. The normalized spacial score (nSPS) is 29.8. The summed E-state index contributed by atoms with van der Waals surface area (Å²) >= 11 is 0. The van der Waals surface area contributed by atoms with E-state index in [9.17, 15) is 4.79 Å². The van der Waals surface area contributed by atoms with E-state index < -0.39 is 0 Å². The van der Waals surface area contributed by atoms with Gasteiger partial charge in [-0.2, -0.15) is 0 Å². The number of amides is 1. The first-order chi connectivity index (χ1) is 12.2. The number of hydroxylamine groups is 2. The molecule has 5 nitrogen and oxygen atoms in total. The number of piperidine rings is 1. The number of rotatable bonds is 4. The monoisotopic (exact) mass is 344 g/mol. The lowest BCUT2D eigenvalue weighted by Gasteiger charge is -2.36. The van der Waals surface area contributed by atoms with Crippen LogP contribution in [0.4, 0.5) is 0 Å². The number of benzene rings is 1. The maximum absolute atomic E-state index is 12.3. The van der Waals surface area contributed by atoms with Crippen LogP contribution in [0, 0.1) is 18.8 Å². The van der Waals surface area contributed by atoms with Crippen molar-refractivity contribution in [3.8, 4) is 0 Å². The molecule has 0 spiro atoms. The van der Waals surface area contributed by atoms with Crippen molar-refractivity contribution in [3.63, 3.8) is 0 Å². The maximum atomic E-state index is 12.3. The fourth-order valence-electron chi connectivity index (χ4n) is 4.46. The minimum atomic E-state index is 0.0716. The zero-order valence-electron chi connectivity index (χ0n) is 15.0. The second kappa shape index (κ2) is 7.44. The highest BCUT2D eigenvalue weighted by Gasteiger charge is 2.42. The molecule has 1 aromatic rings. The van der Waals surface area contributed by atoms with E-state index in [0.29, 0.717) is 24.9 Å². The van der Waals surface area contributed by atoms with Gasteiger partial charge in [-0.15, -0.1) is 0 Å². The van der Waals surface area contributed by atoms with Crippen LogP contribution in [0.2, 0.25) is 0 Å². The number of fused-ring (bicyclic) bond motifs is 1. The molecule has 0 aliphatic carbocycles. The Hall–Kier alpha value is -1.43. The largest absolute Gasteiger partial charge is 0.377 e. The quantitative estimate of drug-likeness (QED) is 0.841. The second-order valence-electron chi connectivity index (χ2n) is 7.63. The van der Waals surface area contributed by atoms with Crippen molar-refractivity contribution in [3.05, 3.63) is 35.4 Å². The Morgan fingerprint density at radius 3 is 2.96 bits per heavy atom. The summed E-state index contributed by atoms with van der Waals surface area (Å²) in [5, 5.41) is 1.53. The molecule has 0 radical (unpaired) electrons. The Balaban J connectivity index is 1.31. The van der Waals surface area contributed by atoms with E-state index in [-0.39, 0.29) is 12.0 Å². The van der Waals surface area contributed by atoms with Gasteiger partial charge >= 0.3 is 0 Å². The number of carbonyl (C=O) groups excluding carboxylic acids is 1. The van der Waals surface area contributed by atoms with Gasteiger partial charge in [-0.3, -0.25) is 14.5 Å². The van der Waals surface area contributed by atoms with Crippen LogP contribution >= 0.6 is 0 Å². The predicted molar refractivity (Wildman–Crippen MR) is 94.7 cm³/mol. The highest BCUT2D eigenvalue weighted by atomic mass is 16.7. The van der Waals surface area contributed by atoms with Gasteiger partial charge in [0.25, 0.3) is 0 Å². The minimum absolute atomic E-state index is 0.0716. The molecule has 25 heavy (non-hydrogen) atoms. The fourth-order valence-corrected chi connectivity index (χ4v) is 4.46. The molecule has 0 unspecified atom stereocenters. The number of likely N-dealkylation sites (tertiary alicyclic amines) is 1. The van der Waals surface area contributed by atoms with Crippen LogP contribution < -0.4 is 0 Å². The number of hydrogen-bond acceptors (Lipinski definition) is 4. The molecule has 0 N–H and O–H groups in total. The SMILES string of the molecule is Cc1ccccc1CN1CC[C@H]2[C@@H](CO[C@@H]2CC(=O)N2CCCO2)C1. The number of hydrogen-bond donors (Lipinski definition) is 0. The lowest BCUT2D eigenvalue weighted by atomic mass is 9.83. The molecule has 3 fully saturated rings. The molecular formula is C20H28N2O3. The predicted octanol–water partition coefficient (Wildman–Crippen LogP) is 2.39. The first kappa shape index (κ1) is 17.0. The zero-order valence-corrected chi connectivity index (χ0v) is 15.0. The third kappa shape index (κ3) is 3.73. The molecule has 1 amide bonds. The van der Waals surface area contributed by atoms with Crippen molar-refractivity contribution < 1.29 is 14.4 Å². The molecular weight excluding hydrogens is 316 g/mol. The first-order valence-electron chi connectivity index (χ1n) is 9.52. The van der Waals surface area contributed by atoms with Crippen LogP contribution in [0.3, 0.4) is 0 Å². The van der Waals surface area contributed by atoms with E-state index in [1.54, 1.807) is 0 Å². The third-order valence-corrected chi connectivity index (χ3v) is 5.94. The zero-order chi connectivity index (χ0) is 17.2. The molecule has 136 valence electrons. The molecule has 0 saturated carbocycles. The van der Waals surface area contributed by atoms with Crippen LogP contribution in [0.25, 0.3) is 0 Å². The molecule has 3 saturated heterocycles. The van der Waals surface area contributed by atoms with E-state index >= 15 is 0 Å². The Labute approximate surface area is 149 Å². The fraction of sp³-hybridized carbons (Fsp3) is 0.650. The first-order valence-corrected chi connectivity index (χ1v) is 9.52. The van der Waals surface area contributed by atoms with E-state index in [0.717, 1.165) is 45.6 Å². The van der Waals surface area contributed by atoms with Crippen LogP contribution in [-0.2, 0) is 20.9 Å². The maximum Gasteiger partial charge on any atom is 0.248 e. The molecule has 3 heterocycles. The van der Waals surface area contributed by atoms with Crippen molar-refractivity contribution in [1.82, 2.24) is 9.96 Å². The van der Waals surface area contributed by atoms with Crippen LogP contribution in [0.15, 0.2) is 24.3 Å². The van der Waals surface area contributed by atoms with E-state index in [1.807, 2.05) is 0 Å². The van der Waals surface area contributed by atoms with Crippen molar-refractivity contribution in [2.75, 3.05) is 32.8 Å². The number of carbonyl (C=O) groups is 1. The van der Waals surface area contributed by atoms with Gasteiger partial charge in [-0.25, -0.2) is 5.06 Å². The number of nitrogens with zero attached hydrogens (tertiary/aromatic N) is 2. The summed E-state index contributed by atoms with van der Waals surface area (Å²) in [4.78, 5) is 20.2. The molecule has 0 aromatic heterocycles. The summed E-state index contributed by atoms with van der Waals surface area (Å²) < 4.78 is 6.02. The molecule has 5 heteroatoms. The lowest BCUT2D eigenvalue weighted by Crippen LogP contribution is -2.42. The van der Waals surface area contributed by atoms with Gasteiger partial charge in [0.05, 0.1) is 32.3 Å². The van der Waals surface area contributed by atoms with Gasteiger partial charge in [0.2, 0.25) is 5.91 Å². The molecule has 4 rings (SSSR count). The standard InChI is InChI=1S/C20H28N2O3/c1-15-5-2-3-6-16(15)12-21-9-7-18-17(13-21)14-24-19(18)11-20(23)22-8-4-10-25-22/h2-3,5-6,17-19H,4,7-14H2,1H3/t17-,18+,19-/m1/s1. The van der Waals surface area contributed by atoms with E-state index in [4.69, 9.17) is 9.57 Å². The molecule has 3 aliphatic heterocycles. The Kier molecular flexibility index (Phi) is 5.06. The summed E-state index contributed by atoms with van der Waals surface area (Å²) in [5.74, 6) is 1.15. The summed E-state index contributed by atoms with van der Waals surface area (Å²) in [6.07, 6.45) is 2.60. The second-order valence-corrected chi connectivity index (χ2v) is 7.63. The average Bonchev–Trinajstić information content (AvgIpc) is 3.27. The van der Waals surface area contributed by atoms with Crippen molar-refractivity contribution in [2.24, 2.45) is 11.8 Å². The molecule has 3 aliphatic rings. The van der Waals surface area contributed by atoms with Crippen LogP contribution in [-0.4, -0.2) is 54.8 Å². The van der Waals surface area contributed by atoms with Crippen molar-refractivity contribution >= 4 is 5.91 Å². The van der Waals surface area contributed by atoms with Gasteiger partial charge in [0.15, 0.2) is 0 Å². The van der Waals surface area contributed by atoms with Gasteiger partial charge in [-0.1, -0.05) is 24.3 Å². The number of ether oxygens (including phenoxy) is 1. The summed E-state index contributed by atoms with van der Waals surface area (Å²) in [6.45, 7) is 7.53. The van der Waals surface area contributed by atoms with Crippen molar-refractivity contribution in [1.29, 1.82) is 0 Å².